The Hall–Kier alpha value is -2.63. The molecular weight excluding hydrogens is 280 g/mol. The summed E-state index contributed by atoms with van der Waals surface area (Å²) in [6.45, 7) is 1.86. The molecule has 110 valence electrons. The lowest BCUT2D eigenvalue weighted by molar-refractivity contribution is 0.0527. The van der Waals surface area contributed by atoms with E-state index in [1.807, 2.05) is 0 Å². The standard InChI is InChI=1S/C15H13F2NO3/c1-2-20-15(19)9-5-3-8-12(14(9)18)21-11-7-4-6-10(16)13(11)17/h3-8H,2,18H2,1H3. The molecule has 0 radical (unpaired) electrons. The van der Waals surface area contributed by atoms with Crippen molar-refractivity contribution in [3.05, 3.63) is 53.6 Å². The number of carbonyl (C=O) groups is 1. The Morgan fingerprint density at radius 3 is 2.52 bits per heavy atom. The van der Waals surface area contributed by atoms with Gasteiger partial charge in [-0.2, -0.15) is 4.39 Å². The number of ether oxygens (including phenoxy) is 2. The smallest absolute Gasteiger partial charge is 0.340 e. The third kappa shape index (κ3) is 3.10. The number of para-hydroxylation sites is 1. The number of hydrogen-bond acceptors (Lipinski definition) is 4. The first-order valence-electron chi connectivity index (χ1n) is 6.22. The normalized spacial score (nSPS) is 10.2. The molecule has 2 rings (SSSR count). The van der Waals surface area contributed by atoms with Crippen LogP contribution in [-0.4, -0.2) is 12.6 Å². The van der Waals surface area contributed by atoms with Gasteiger partial charge in [-0.05, 0) is 31.2 Å². The van der Waals surface area contributed by atoms with E-state index < -0.39 is 17.6 Å². The maximum absolute atomic E-state index is 13.6. The Morgan fingerprint density at radius 1 is 1.14 bits per heavy atom. The fourth-order valence-electron chi connectivity index (χ4n) is 1.70. The van der Waals surface area contributed by atoms with Crippen molar-refractivity contribution in [3.63, 3.8) is 0 Å². The molecule has 21 heavy (non-hydrogen) atoms. The van der Waals surface area contributed by atoms with Crippen LogP contribution in [0.1, 0.15) is 17.3 Å². The summed E-state index contributed by atoms with van der Waals surface area (Å²) >= 11 is 0. The van der Waals surface area contributed by atoms with Crippen LogP contribution in [0.5, 0.6) is 11.5 Å². The van der Waals surface area contributed by atoms with Crippen molar-refractivity contribution in [1.82, 2.24) is 0 Å². The molecule has 4 nitrogen and oxygen atoms in total. The summed E-state index contributed by atoms with van der Waals surface area (Å²) in [6.07, 6.45) is 0. The zero-order valence-corrected chi connectivity index (χ0v) is 11.2. The first kappa shape index (κ1) is 14.8. The monoisotopic (exact) mass is 293 g/mol. The highest BCUT2D eigenvalue weighted by Crippen LogP contribution is 2.32. The molecule has 0 saturated carbocycles. The Bertz CT molecular complexity index is 674. The van der Waals surface area contributed by atoms with Gasteiger partial charge in [0.25, 0.3) is 0 Å². The molecule has 0 atom stereocenters. The minimum atomic E-state index is -1.13. The second-order valence-corrected chi connectivity index (χ2v) is 4.09. The van der Waals surface area contributed by atoms with Crippen molar-refractivity contribution in [1.29, 1.82) is 0 Å². The number of benzene rings is 2. The van der Waals surface area contributed by atoms with Crippen molar-refractivity contribution < 1.29 is 23.0 Å². The number of nitrogen functional groups attached to an aromatic ring is 1. The quantitative estimate of drug-likeness (QED) is 0.692. The Morgan fingerprint density at radius 2 is 1.81 bits per heavy atom. The van der Waals surface area contributed by atoms with Crippen LogP contribution in [0.15, 0.2) is 36.4 Å². The van der Waals surface area contributed by atoms with Crippen LogP contribution in [0, 0.1) is 11.6 Å². The van der Waals surface area contributed by atoms with Gasteiger partial charge < -0.3 is 15.2 Å². The van der Waals surface area contributed by atoms with E-state index in [-0.39, 0.29) is 29.4 Å². The molecule has 2 aromatic rings. The maximum atomic E-state index is 13.6. The minimum Gasteiger partial charge on any atom is -0.462 e. The maximum Gasteiger partial charge on any atom is 0.340 e. The highest BCUT2D eigenvalue weighted by atomic mass is 19.2. The molecule has 0 spiro atoms. The van der Waals surface area contributed by atoms with Crippen LogP contribution in [0.3, 0.4) is 0 Å². The molecule has 0 aromatic heterocycles. The fourth-order valence-corrected chi connectivity index (χ4v) is 1.70. The van der Waals surface area contributed by atoms with Crippen molar-refractivity contribution >= 4 is 11.7 Å². The topological polar surface area (TPSA) is 61.5 Å². The minimum absolute atomic E-state index is 0.000360. The number of esters is 1. The second kappa shape index (κ2) is 6.21. The first-order chi connectivity index (χ1) is 10.0. The summed E-state index contributed by atoms with van der Waals surface area (Å²) in [6, 6.07) is 7.95. The highest BCUT2D eigenvalue weighted by molar-refractivity contribution is 5.96. The number of anilines is 1. The predicted molar refractivity (Wildman–Crippen MR) is 73.2 cm³/mol. The lowest BCUT2D eigenvalue weighted by Gasteiger charge is -2.12. The van der Waals surface area contributed by atoms with Gasteiger partial charge in [-0.3, -0.25) is 0 Å². The molecule has 0 aliphatic heterocycles. The van der Waals surface area contributed by atoms with Gasteiger partial charge in [-0.15, -0.1) is 0 Å². The molecule has 0 amide bonds. The molecule has 0 fully saturated rings. The van der Waals surface area contributed by atoms with Gasteiger partial charge >= 0.3 is 5.97 Å². The Kier molecular flexibility index (Phi) is 4.37. The summed E-state index contributed by atoms with van der Waals surface area (Å²) in [5.74, 6) is -3.04. The molecule has 0 saturated heterocycles. The number of rotatable bonds is 4. The van der Waals surface area contributed by atoms with Crippen molar-refractivity contribution in [3.8, 4) is 11.5 Å². The van der Waals surface area contributed by atoms with Crippen molar-refractivity contribution in [2.45, 2.75) is 6.92 Å². The van der Waals surface area contributed by atoms with E-state index in [9.17, 15) is 13.6 Å². The van der Waals surface area contributed by atoms with E-state index in [0.29, 0.717) is 0 Å². The molecule has 0 aliphatic carbocycles. The zero-order chi connectivity index (χ0) is 15.4. The fraction of sp³-hybridized carbons (Fsp3) is 0.133. The molecule has 0 bridgehead atoms. The molecule has 6 heteroatoms. The van der Waals surface area contributed by atoms with E-state index in [0.717, 1.165) is 6.07 Å². The predicted octanol–water partition coefficient (Wildman–Crippen LogP) is 3.52. The molecule has 0 unspecified atom stereocenters. The van der Waals surface area contributed by atoms with Crippen LogP contribution in [0.4, 0.5) is 14.5 Å². The first-order valence-corrected chi connectivity index (χ1v) is 6.22. The molecular formula is C15H13F2NO3. The third-order valence-electron chi connectivity index (χ3n) is 2.70. The molecule has 0 aliphatic rings. The van der Waals surface area contributed by atoms with Gasteiger partial charge in [0.05, 0.1) is 17.9 Å². The average Bonchev–Trinajstić information content (AvgIpc) is 2.46. The SMILES string of the molecule is CCOC(=O)c1cccc(Oc2cccc(F)c2F)c1N. The van der Waals surface area contributed by atoms with E-state index >= 15 is 0 Å². The zero-order valence-electron chi connectivity index (χ0n) is 11.2. The van der Waals surface area contributed by atoms with Crippen molar-refractivity contribution in [2.75, 3.05) is 12.3 Å². The van der Waals surface area contributed by atoms with Crippen LogP contribution in [0.25, 0.3) is 0 Å². The lowest BCUT2D eigenvalue weighted by Crippen LogP contribution is -2.08. The van der Waals surface area contributed by atoms with Gasteiger partial charge in [0.15, 0.2) is 17.3 Å². The molecule has 2 aromatic carbocycles. The van der Waals surface area contributed by atoms with Gasteiger partial charge in [-0.25, -0.2) is 9.18 Å². The Labute approximate surface area is 120 Å². The van der Waals surface area contributed by atoms with E-state index in [2.05, 4.69) is 0 Å². The van der Waals surface area contributed by atoms with E-state index in [1.165, 1.54) is 30.3 Å². The van der Waals surface area contributed by atoms with Gasteiger partial charge in [-0.1, -0.05) is 12.1 Å². The number of carbonyl (C=O) groups excluding carboxylic acids is 1. The van der Waals surface area contributed by atoms with Crippen LogP contribution in [-0.2, 0) is 4.74 Å². The van der Waals surface area contributed by atoms with Crippen LogP contribution in [0.2, 0.25) is 0 Å². The van der Waals surface area contributed by atoms with Crippen LogP contribution < -0.4 is 10.5 Å². The van der Waals surface area contributed by atoms with Gasteiger partial charge in [0.2, 0.25) is 5.82 Å². The van der Waals surface area contributed by atoms with E-state index in [4.69, 9.17) is 15.2 Å². The second-order valence-electron chi connectivity index (χ2n) is 4.09. The highest BCUT2D eigenvalue weighted by Gasteiger charge is 2.16. The number of nitrogens with two attached hydrogens (primary N) is 1. The summed E-state index contributed by atoms with van der Waals surface area (Å²) in [7, 11) is 0. The lowest BCUT2D eigenvalue weighted by atomic mass is 10.1. The summed E-state index contributed by atoms with van der Waals surface area (Å²) in [5.41, 5.74) is 5.91. The summed E-state index contributed by atoms with van der Waals surface area (Å²) < 4.78 is 36.8. The summed E-state index contributed by atoms with van der Waals surface area (Å²) in [5, 5.41) is 0. The molecule has 2 N–H and O–H groups in total. The molecule has 0 heterocycles. The average molecular weight is 293 g/mol. The van der Waals surface area contributed by atoms with Gasteiger partial charge in [0.1, 0.15) is 0 Å². The Balaban J connectivity index is 2.35. The third-order valence-corrected chi connectivity index (χ3v) is 2.70. The summed E-state index contributed by atoms with van der Waals surface area (Å²) in [4.78, 5) is 11.7. The van der Waals surface area contributed by atoms with Crippen LogP contribution >= 0.6 is 0 Å². The van der Waals surface area contributed by atoms with Crippen molar-refractivity contribution in [2.24, 2.45) is 0 Å². The number of halogens is 2. The van der Waals surface area contributed by atoms with Gasteiger partial charge in [0, 0.05) is 0 Å². The largest absolute Gasteiger partial charge is 0.462 e. The van der Waals surface area contributed by atoms with E-state index in [1.54, 1.807) is 6.92 Å². The number of hydrogen-bond donors (Lipinski definition) is 1.